The van der Waals surface area contributed by atoms with Crippen molar-refractivity contribution in [1.29, 1.82) is 0 Å². The molecule has 1 atom stereocenters. The van der Waals surface area contributed by atoms with E-state index in [-0.39, 0.29) is 12.5 Å². The number of hydrogen-bond acceptors (Lipinski definition) is 4. The van der Waals surface area contributed by atoms with Crippen molar-refractivity contribution in [3.05, 3.63) is 78.0 Å². The Balaban J connectivity index is 1.55. The molecule has 3 aromatic rings. The maximum atomic E-state index is 12.9. The first-order chi connectivity index (χ1) is 15.4. The van der Waals surface area contributed by atoms with Gasteiger partial charge in [0.1, 0.15) is 6.04 Å². The highest BCUT2D eigenvalue weighted by Crippen LogP contribution is 2.24. The zero-order chi connectivity index (χ0) is 22.6. The summed E-state index contributed by atoms with van der Waals surface area (Å²) in [6.45, 7) is 1.30. The molecule has 0 radical (unpaired) electrons. The lowest BCUT2D eigenvalue weighted by atomic mass is 10.0. The Kier molecular flexibility index (Phi) is 6.72. The summed E-state index contributed by atoms with van der Waals surface area (Å²) in [6.07, 6.45) is 5.28. The molecule has 1 fully saturated rings. The van der Waals surface area contributed by atoms with E-state index in [1.54, 1.807) is 0 Å². The van der Waals surface area contributed by atoms with Crippen molar-refractivity contribution < 1.29 is 13.2 Å². The summed E-state index contributed by atoms with van der Waals surface area (Å²) >= 11 is 0. The summed E-state index contributed by atoms with van der Waals surface area (Å²) < 4.78 is 27.4. The average Bonchev–Trinajstić information content (AvgIpc) is 3.20. The Labute approximate surface area is 189 Å². The fourth-order valence-electron chi connectivity index (χ4n) is 4.15. The minimum atomic E-state index is -3.43. The number of aromatic nitrogens is 2. The van der Waals surface area contributed by atoms with E-state index in [1.807, 2.05) is 71.5 Å². The van der Waals surface area contributed by atoms with Crippen LogP contribution in [-0.4, -0.2) is 47.3 Å². The van der Waals surface area contributed by atoms with Crippen LogP contribution in [0.2, 0.25) is 0 Å². The number of rotatable bonds is 7. The number of nitrogens with zero attached hydrogens (tertiary/aromatic N) is 3. The second kappa shape index (κ2) is 9.67. The monoisotopic (exact) mass is 452 g/mol. The molecule has 1 aliphatic heterocycles. The molecule has 1 saturated heterocycles. The molecule has 0 saturated carbocycles. The topological polar surface area (TPSA) is 84.3 Å². The molecule has 2 heterocycles. The van der Waals surface area contributed by atoms with Gasteiger partial charge < -0.3 is 5.32 Å². The molecular weight excluding hydrogens is 424 g/mol. The van der Waals surface area contributed by atoms with Gasteiger partial charge in [-0.1, -0.05) is 67.1 Å². The maximum absolute atomic E-state index is 12.9. The molecule has 1 aromatic heterocycles. The van der Waals surface area contributed by atoms with Crippen LogP contribution < -0.4 is 5.32 Å². The molecule has 4 rings (SSSR count). The highest BCUT2D eigenvalue weighted by atomic mass is 32.2. The zero-order valence-electron chi connectivity index (χ0n) is 18.1. The number of sulfonamides is 1. The molecule has 0 aliphatic carbocycles. The van der Waals surface area contributed by atoms with Gasteiger partial charge in [0.05, 0.1) is 18.5 Å². The summed E-state index contributed by atoms with van der Waals surface area (Å²) in [5, 5.41) is 7.74. The lowest BCUT2D eigenvalue weighted by Crippen LogP contribution is -2.51. The summed E-state index contributed by atoms with van der Waals surface area (Å²) in [5.41, 5.74) is 3.81. The molecule has 168 valence electrons. The molecular formula is C24H28N4O3S. The number of piperidine rings is 1. The van der Waals surface area contributed by atoms with Crippen LogP contribution in [0, 0.1) is 0 Å². The Morgan fingerprint density at radius 1 is 1.06 bits per heavy atom. The Morgan fingerprint density at radius 2 is 1.75 bits per heavy atom. The van der Waals surface area contributed by atoms with Gasteiger partial charge in [0, 0.05) is 30.4 Å². The molecule has 0 bridgehead atoms. The van der Waals surface area contributed by atoms with E-state index in [0.29, 0.717) is 19.5 Å². The maximum Gasteiger partial charge on any atom is 0.238 e. The first-order valence-electron chi connectivity index (χ1n) is 10.8. The predicted octanol–water partition coefficient (Wildman–Crippen LogP) is 3.03. The second-order valence-electron chi connectivity index (χ2n) is 8.16. The van der Waals surface area contributed by atoms with Gasteiger partial charge in [0.15, 0.2) is 0 Å². The van der Waals surface area contributed by atoms with Gasteiger partial charge in [0.25, 0.3) is 0 Å². The normalized spacial score (nSPS) is 17.2. The van der Waals surface area contributed by atoms with E-state index < -0.39 is 16.1 Å². The van der Waals surface area contributed by atoms with Crippen LogP contribution in [0.1, 0.15) is 30.4 Å². The Morgan fingerprint density at radius 3 is 2.44 bits per heavy atom. The summed E-state index contributed by atoms with van der Waals surface area (Å²) in [7, 11) is -3.43. The van der Waals surface area contributed by atoms with Crippen LogP contribution in [0.5, 0.6) is 0 Å². The van der Waals surface area contributed by atoms with E-state index in [0.717, 1.165) is 35.2 Å². The number of nitrogens with one attached hydrogen (secondary N) is 1. The largest absolute Gasteiger partial charge is 0.350 e. The number of carbonyl (C=O) groups excluding carboxylic acids is 1. The van der Waals surface area contributed by atoms with Gasteiger partial charge >= 0.3 is 0 Å². The third kappa shape index (κ3) is 5.26. The molecule has 32 heavy (non-hydrogen) atoms. The lowest BCUT2D eigenvalue weighted by Gasteiger charge is -2.32. The third-order valence-corrected chi connectivity index (χ3v) is 7.00. The Bertz CT molecular complexity index is 1160. The van der Waals surface area contributed by atoms with Gasteiger partial charge in [-0.2, -0.15) is 9.40 Å². The quantitative estimate of drug-likeness (QED) is 0.597. The van der Waals surface area contributed by atoms with Crippen LogP contribution in [0.25, 0.3) is 11.3 Å². The summed E-state index contributed by atoms with van der Waals surface area (Å²) in [4.78, 5) is 12.9. The molecule has 1 amide bonds. The van der Waals surface area contributed by atoms with Crippen molar-refractivity contribution in [3.8, 4) is 11.3 Å². The van der Waals surface area contributed by atoms with Gasteiger partial charge in [0.2, 0.25) is 15.9 Å². The number of benzene rings is 2. The van der Waals surface area contributed by atoms with E-state index in [2.05, 4.69) is 5.32 Å². The predicted molar refractivity (Wildman–Crippen MR) is 124 cm³/mol. The van der Waals surface area contributed by atoms with Gasteiger partial charge in [-0.05, 0) is 18.4 Å². The van der Waals surface area contributed by atoms with Crippen molar-refractivity contribution in [2.45, 2.75) is 38.4 Å². The fraction of sp³-hybridized carbons (Fsp3) is 0.333. The van der Waals surface area contributed by atoms with Crippen molar-refractivity contribution in [2.75, 3.05) is 12.8 Å². The van der Waals surface area contributed by atoms with E-state index in [9.17, 15) is 13.2 Å². The van der Waals surface area contributed by atoms with E-state index in [1.165, 1.54) is 10.6 Å². The van der Waals surface area contributed by atoms with Crippen LogP contribution in [0.4, 0.5) is 0 Å². The summed E-state index contributed by atoms with van der Waals surface area (Å²) in [6, 6.07) is 19.3. The smallest absolute Gasteiger partial charge is 0.238 e. The van der Waals surface area contributed by atoms with Crippen LogP contribution in [0.15, 0.2) is 66.9 Å². The third-order valence-electron chi connectivity index (χ3n) is 5.71. The Hall–Kier alpha value is -2.97. The molecule has 1 aliphatic rings. The van der Waals surface area contributed by atoms with Crippen LogP contribution >= 0.6 is 0 Å². The van der Waals surface area contributed by atoms with Crippen LogP contribution in [-0.2, 0) is 27.9 Å². The minimum Gasteiger partial charge on any atom is -0.350 e. The molecule has 0 spiro atoms. The first-order valence-corrected chi connectivity index (χ1v) is 12.7. The minimum absolute atomic E-state index is 0.259. The number of hydrogen-bond donors (Lipinski definition) is 1. The highest BCUT2D eigenvalue weighted by Gasteiger charge is 2.34. The number of amides is 1. The fourth-order valence-corrected chi connectivity index (χ4v) is 5.27. The van der Waals surface area contributed by atoms with E-state index >= 15 is 0 Å². The van der Waals surface area contributed by atoms with Crippen molar-refractivity contribution in [3.63, 3.8) is 0 Å². The molecule has 7 nitrogen and oxygen atoms in total. The second-order valence-corrected chi connectivity index (χ2v) is 10.1. The average molecular weight is 453 g/mol. The van der Waals surface area contributed by atoms with Gasteiger partial charge in [-0.3, -0.25) is 9.48 Å². The molecule has 1 N–H and O–H groups in total. The lowest BCUT2D eigenvalue weighted by molar-refractivity contribution is -0.125. The molecule has 2 aromatic carbocycles. The van der Waals surface area contributed by atoms with E-state index in [4.69, 9.17) is 5.10 Å². The highest BCUT2D eigenvalue weighted by molar-refractivity contribution is 7.88. The van der Waals surface area contributed by atoms with Crippen molar-refractivity contribution >= 4 is 15.9 Å². The zero-order valence-corrected chi connectivity index (χ0v) is 19.0. The summed E-state index contributed by atoms with van der Waals surface area (Å²) in [5.74, 6) is -0.259. The molecule has 0 unspecified atom stereocenters. The molecule has 8 heteroatoms. The SMILES string of the molecule is CS(=O)(=O)N1CCCC[C@@H]1C(=O)NCc1cn(Cc2ccccc2)nc1-c1ccccc1. The first kappa shape index (κ1) is 22.2. The van der Waals surface area contributed by atoms with Gasteiger partial charge in [-0.25, -0.2) is 8.42 Å². The number of carbonyl (C=O) groups is 1. The van der Waals surface area contributed by atoms with Gasteiger partial charge in [-0.15, -0.1) is 0 Å². The standard InChI is InChI=1S/C24H28N4O3S/c1-32(30,31)28-15-9-8-14-22(28)24(29)25-16-21-18-27(17-19-10-4-2-5-11-19)26-23(21)20-12-6-3-7-13-20/h2-7,10-13,18,22H,8-9,14-17H2,1H3,(H,25,29)/t22-/m1/s1. The van der Waals surface area contributed by atoms with Crippen molar-refractivity contribution in [1.82, 2.24) is 19.4 Å². The van der Waals surface area contributed by atoms with Crippen molar-refractivity contribution in [2.24, 2.45) is 0 Å². The van der Waals surface area contributed by atoms with Crippen LogP contribution in [0.3, 0.4) is 0 Å².